The van der Waals surface area contributed by atoms with Gasteiger partial charge in [0.05, 0.1) is 12.0 Å². The highest BCUT2D eigenvalue weighted by atomic mass is 32.2. The Kier molecular flexibility index (Phi) is 3.82. The third kappa shape index (κ3) is 2.97. The number of hydrogen-bond acceptors (Lipinski definition) is 4. The van der Waals surface area contributed by atoms with Crippen LogP contribution in [0.15, 0.2) is 24.3 Å². The minimum atomic E-state index is -0.777. The molecule has 4 nitrogen and oxygen atoms in total. The van der Waals surface area contributed by atoms with E-state index < -0.39 is 12.0 Å². The molecule has 2 N–H and O–H groups in total. The molecule has 5 heteroatoms. The molecular formula is C13H17NO3S. The van der Waals surface area contributed by atoms with Gasteiger partial charge >= 0.3 is 5.97 Å². The Morgan fingerprint density at radius 3 is 2.72 bits per heavy atom. The van der Waals surface area contributed by atoms with Crippen LogP contribution in [0.5, 0.6) is 5.75 Å². The van der Waals surface area contributed by atoms with Gasteiger partial charge in [-0.3, -0.25) is 10.1 Å². The summed E-state index contributed by atoms with van der Waals surface area (Å²) < 4.78 is 5.11. The number of hydrogen-bond donors (Lipinski definition) is 2. The topological polar surface area (TPSA) is 58.6 Å². The van der Waals surface area contributed by atoms with Gasteiger partial charge < -0.3 is 9.84 Å². The van der Waals surface area contributed by atoms with Crippen LogP contribution in [0.2, 0.25) is 0 Å². The van der Waals surface area contributed by atoms with E-state index in [1.807, 2.05) is 31.2 Å². The first-order valence-electron chi connectivity index (χ1n) is 5.80. The molecule has 0 saturated carbocycles. The molecule has 18 heavy (non-hydrogen) atoms. The van der Waals surface area contributed by atoms with Crippen LogP contribution >= 0.6 is 11.8 Å². The Labute approximate surface area is 111 Å². The highest BCUT2D eigenvalue weighted by Gasteiger charge is 2.38. The average Bonchev–Trinajstić information content (AvgIpc) is 2.73. The van der Waals surface area contributed by atoms with Crippen LogP contribution in [0.3, 0.4) is 0 Å². The van der Waals surface area contributed by atoms with E-state index in [-0.39, 0.29) is 4.87 Å². The highest BCUT2D eigenvalue weighted by molar-refractivity contribution is 8.00. The van der Waals surface area contributed by atoms with E-state index in [4.69, 9.17) is 9.84 Å². The maximum absolute atomic E-state index is 10.9. The van der Waals surface area contributed by atoms with Crippen LogP contribution in [0.4, 0.5) is 0 Å². The minimum Gasteiger partial charge on any atom is -0.497 e. The van der Waals surface area contributed by atoms with E-state index >= 15 is 0 Å². The van der Waals surface area contributed by atoms with Crippen molar-refractivity contribution in [3.63, 3.8) is 0 Å². The molecule has 0 aromatic heterocycles. The summed E-state index contributed by atoms with van der Waals surface area (Å²) in [7, 11) is 1.64. The van der Waals surface area contributed by atoms with Crippen LogP contribution < -0.4 is 10.1 Å². The second kappa shape index (κ2) is 5.20. The first-order chi connectivity index (χ1) is 8.52. The van der Waals surface area contributed by atoms with Crippen molar-refractivity contribution >= 4 is 17.7 Å². The summed E-state index contributed by atoms with van der Waals surface area (Å²) in [6.07, 6.45) is 0.797. The molecule has 2 atom stereocenters. The number of nitrogens with one attached hydrogen (secondary N) is 1. The average molecular weight is 267 g/mol. The Morgan fingerprint density at radius 2 is 2.22 bits per heavy atom. The fourth-order valence-electron chi connectivity index (χ4n) is 2.09. The standard InChI is InChI=1S/C13H17NO3S/c1-13(14-11(8-18-13)12(15)16)7-9-3-5-10(17-2)6-4-9/h3-6,11,14H,7-8H2,1-2H3,(H,15,16)/t11-,13?/m1/s1. The van der Waals surface area contributed by atoms with E-state index in [0.717, 1.165) is 12.2 Å². The number of ether oxygens (including phenoxy) is 1. The molecule has 1 saturated heterocycles. The molecule has 1 aliphatic rings. The molecule has 0 bridgehead atoms. The van der Waals surface area contributed by atoms with Crippen LogP contribution in [0.25, 0.3) is 0 Å². The number of rotatable bonds is 4. The van der Waals surface area contributed by atoms with Gasteiger partial charge in [-0.05, 0) is 31.0 Å². The summed E-state index contributed by atoms with van der Waals surface area (Å²) in [6.45, 7) is 2.05. The molecule has 1 aromatic carbocycles. The third-order valence-corrected chi connectivity index (χ3v) is 4.45. The lowest BCUT2D eigenvalue weighted by Crippen LogP contribution is -2.44. The van der Waals surface area contributed by atoms with E-state index in [2.05, 4.69) is 5.32 Å². The first-order valence-corrected chi connectivity index (χ1v) is 6.78. The molecule has 1 unspecified atom stereocenters. The fourth-order valence-corrected chi connectivity index (χ4v) is 3.34. The van der Waals surface area contributed by atoms with Gasteiger partial charge in [-0.25, -0.2) is 0 Å². The summed E-state index contributed by atoms with van der Waals surface area (Å²) in [6, 6.07) is 7.43. The van der Waals surface area contributed by atoms with Gasteiger partial charge in [0.25, 0.3) is 0 Å². The number of methoxy groups -OCH3 is 1. The van der Waals surface area contributed by atoms with Gasteiger partial charge in [0.2, 0.25) is 0 Å². The number of benzene rings is 1. The van der Waals surface area contributed by atoms with Gasteiger partial charge in [-0.1, -0.05) is 12.1 Å². The van der Waals surface area contributed by atoms with Crippen molar-refractivity contribution < 1.29 is 14.6 Å². The van der Waals surface area contributed by atoms with E-state index in [0.29, 0.717) is 5.75 Å². The van der Waals surface area contributed by atoms with Crippen molar-refractivity contribution in [3.05, 3.63) is 29.8 Å². The zero-order valence-corrected chi connectivity index (χ0v) is 11.3. The second-order valence-corrected chi connectivity index (χ2v) is 6.12. The van der Waals surface area contributed by atoms with E-state index in [1.54, 1.807) is 18.9 Å². The van der Waals surface area contributed by atoms with Gasteiger partial charge in [-0.15, -0.1) is 11.8 Å². The summed E-state index contributed by atoms with van der Waals surface area (Å²) in [4.78, 5) is 10.7. The van der Waals surface area contributed by atoms with E-state index in [9.17, 15) is 4.79 Å². The number of carbonyl (C=O) groups is 1. The Balaban J connectivity index is 2.02. The molecule has 1 heterocycles. The van der Waals surface area contributed by atoms with Gasteiger partial charge in [0.1, 0.15) is 11.8 Å². The van der Waals surface area contributed by atoms with Crippen LogP contribution in [0, 0.1) is 0 Å². The lowest BCUT2D eigenvalue weighted by molar-refractivity contribution is -0.138. The van der Waals surface area contributed by atoms with Crippen molar-refractivity contribution in [2.45, 2.75) is 24.3 Å². The maximum Gasteiger partial charge on any atom is 0.321 e. The lowest BCUT2D eigenvalue weighted by Gasteiger charge is -2.24. The summed E-state index contributed by atoms with van der Waals surface area (Å²) in [5, 5.41) is 12.2. The summed E-state index contributed by atoms with van der Waals surface area (Å²) in [5.41, 5.74) is 1.17. The SMILES string of the molecule is COc1ccc(CC2(C)N[C@@H](C(=O)O)CS2)cc1. The summed E-state index contributed by atoms with van der Waals surface area (Å²) >= 11 is 1.66. The third-order valence-electron chi connectivity index (χ3n) is 3.05. The number of thioether (sulfide) groups is 1. The van der Waals surface area contributed by atoms with Crippen molar-refractivity contribution in [2.75, 3.05) is 12.9 Å². The van der Waals surface area contributed by atoms with Crippen molar-refractivity contribution in [2.24, 2.45) is 0 Å². The quantitative estimate of drug-likeness (QED) is 0.870. The molecule has 1 fully saturated rings. The summed E-state index contributed by atoms with van der Waals surface area (Å²) in [5.74, 6) is 0.669. The van der Waals surface area contributed by atoms with Crippen LogP contribution in [-0.2, 0) is 11.2 Å². The van der Waals surface area contributed by atoms with E-state index in [1.165, 1.54) is 5.56 Å². The highest BCUT2D eigenvalue weighted by Crippen LogP contribution is 2.33. The monoisotopic (exact) mass is 267 g/mol. The van der Waals surface area contributed by atoms with Crippen molar-refractivity contribution in [3.8, 4) is 5.75 Å². The molecule has 98 valence electrons. The molecule has 0 amide bonds. The second-order valence-electron chi connectivity index (χ2n) is 4.60. The normalized spacial score (nSPS) is 27.1. The molecule has 0 radical (unpaired) electrons. The maximum atomic E-state index is 10.9. The number of carboxylic acids is 1. The fraction of sp³-hybridized carbons (Fsp3) is 0.462. The van der Waals surface area contributed by atoms with Gasteiger partial charge in [0, 0.05) is 5.75 Å². The van der Waals surface area contributed by atoms with Crippen LogP contribution in [0.1, 0.15) is 12.5 Å². The molecule has 0 aliphatic carbocycles. The minimum absolute atomic E-state index is 0.211. The first kappa shape index (κ1) is 13.2. The van der Waals surface area contributed by atoms with Crippen LogP contribution in [-0.4, -0.2) is 34.9 Å². The Morgan fingerprint density at radius 1 is 1.56 bits per heavy atom. The molecule has 1 aliphatic heterocycles. The zero-order valence-electron chi connectivity index (χ0n) is 10.5. The molecular weight excluding hydrogens is 250 g/mol. The predicted molar refractivity (Wildman–Crippen MR) is 72.1 cm³/mol. The number of aliphatic carboxylic acids is 1. The largest absolute Gasteiger partial charge is 0.497 e. The lowest BCUT2D eigenvalue weighted by atomic mass is 10.1. The predicted octanol–water partition coefficient (Wildman–Crippen LogP) is 1.74. The molecule has 2 rings (SSSR count). The smallest absolute Gasteiger partial charge is 0.321 e. The molecule has 1 aromatic rings. The van der Waals surface area contributed by atoms with Crippen molar-refractivity contribution in [1.29, 1.82) is 0 Å². The van der Waals surface area contributed by atoms with Crippen molar-refractivity contribution in [1.82, 2.24) is 5.32 Å². The zero-order chi connectivity index (χ0) is 13.2. The van der Waals surface area contributed by atoms with Gasteiger partial charge in [0.15, 0.2) is 0 Å². The number of carboxylic acid groups (broad SMARTS) is 1. The Bertz CT molecular complexity index is 434. The molecule has 0 spiro atoms. The van der Waals surface area contributed by atoms with Gasteiger partial charge in [-0.2, -0.15) is 0 Å². The Hall–Kier alpha value is -1.20.